The summed E-state index contributed by atoms with van der Waals surface area (Å²) >= 11 is 0. The van der Waals surface area contributed by atoms with Crippen molar-refractivity contribution in [1.29, 1.82) is 0 Å². The summed E-state index contributed by atoms with van der Waals surface area (Å²) < 4.78 is 5.62. The minimum absolute atomic E-state index is 0.350. The van der Waals surface area contributed by atoms with E-state index in [0.29, 0.717) is 17.5 Å². The van der Waals surface area contributed by atoms with Gasteiger partial charge in [0, 0.05) is 21.0 Å². The quantitative estimate of drug-likeness (QED) is 0.319. The van der Waals surface area contributed by atoms with E-state index < -0.39 is 8.07 Å². The zero-order chi connectivity index (χ0) is 16.3. The van der Waals surface area contributed by atoms with Crippen LogP contribution in [0.3, 0.4) is 0 Å². The topological polar surface area (TPSA) is 32.7 Å². The molecule has 2 unspecified atom stereocenters. The fraction of sp³-hybridized carbons (Fsp3) is 1.00. The summed E-state index contributed by atoms with van der Waals surface area (Å²) in [5.74, 6) is 2.66. The lowest BCUT2D eigenvalue weighted by Crippen LogP contribution is -2.34. The minimum Gasteiger partial charge on any atom is -0.389 e. The molecule has 0 aliphatic carbocycles. The van der Waals surface area contributed by atoms with Gasteiger partial charge in [-0.1, -0.05) is 33.5 Å². The van der Waals surface area contributed by atoms with Crippen LogP contribution in [0.15, 0.2) is 0 Å². The van der Waals surface area contributed by atoms with Gasteiger partial charge in [0.25, 0.3) is 0 Å². The average molecular weight is 337 g/mol. The monoisotopic (exact) mass is 336 g/mol. The van der Waals surface area contributed by atoms with Crippen molar-refractivity contribution in [3.63, 3.8) is 0 Å². The third kappa shape index (κ3) is 13.8. The average Bonchev–Trinajstić information content (AvgIpc) is 2.41. The van der Waals surface area contributed by atoms with Crippen molar-refractivity contribution in [2.75, 3.05) is 50.6 Å². The minimum atomic E-state index is -0.874. The normalized spacial score (nSPS) is 15.4. The second-order valence-corrected chi connectivity index (χ2v) is 15.1. The summed E-state index contributed by atoms with van der Waals surface area (Å²) in [6, 6.07) is 1.44. The Bertz CT molecular complexity index is 245. The molecule has 5 heteroatoms. The highest BCUT2D eigenvalue weighted by Gasteiger charge is 2.19. The van der Waals surface area contributed by atoms with Gasteiger partial charge in [-0.05, 0) is 30.0 Å². The van der Waals surface area contributed by atoms with E-state index in [-0.39, 0.29) is 6.10 Å². The predicted octanol–water partition coefficient (Wildman–Crippen LogP) is 2.68. The number of likely N-dealkylation sites (N-methyl/N-ethyl adjacent to an activating group) is 1. The molecule has 0 radical (unpaired) electrons. The first-order valence-electron chi connectivity index (χ1n) is 8.35. The van der Waals surface area contributed by atoms with Gasteiger partial charge < -0.3 is 14.7 Å². The van der Waals surface area contributed by atoms with Crippen LogP contribution >= 0.6 is 0 Å². The van der Waals surface area contributed by atoms with Crippen molar-refractivity contribution < 1.29 is 9.84 Å². The van der Waals surface area contributed by atoms with Crippen LogP contribution in [0.25, 0.3) is 0 Å². The van der Waals surface area contributed by atoms with Gasteiger partial charge in [-0.15, -0.1) is 0 Å². The maximum absolute atomic E-state index is 9.90. The van der Waals surface area contributed by atoms with E-state index in [2.05, 4.69) is 44.6 Å². The van der Waals surface area contributed by atoms with Gasteiger partial charge in [0.05, 0.1) is 25.6 Å². The Balaban J connectivity index is 3.54. The summed E-state index contributed by atoms with van der Waals surface area (Å²) in [5.41, 5.74) is 0. The Hall–Kier alpha value is 0.447. The number of aliphatic hydroxyl groups is 1. The van der Waals surface area contributed by atoms with Crippen LogP contribution in [-0.2, 0) is 15.6 Å². The molecule has 0 aromatic heterocycles. The molecule has 0 aliphatic heterocycles. The Morgan fingerprint density at radius 1 is 1.14 bits per heavy atom. The van der Waals surface area contributed by atoms with Crippen molar-refractivity contribution in [1.82, 2.24) is 4.90 Å². The van der Waals surface area contributed by atoms with Crippen LogP contribution in [0, 0.1) is 0 Å². The fourth-order valence-electron chi connectivity index (χ4n) is 2.04. The van der Waals surface area contributed by atoms with Gasteiger partial charge in [-0.2, -0.15) is 0 Å². The zero-order valence-electron chi connectivity index (χ0n) is 15.2. The number of rotatable bonds is 13. The molecule has 0 rings (SSSR count). The van der Waals surface area contributed by atoms with E-state index in [4.69, 9.17) is 4.74 Å². The number of aliphatic hydroxyl groups excluding tert-OH is 1. The largest absolute Gasteiger partial charge is 0.389 e. The highest BCUT2D eigenvalue weighted by atomic mass is 32.2. The van der Waals surface area contributed by atoms with E-state index >= 15 is 0 Å². The third-order valence-corrected chi connectivity index (χ3v) is 7.65. The Labute approximate surface area is 136 Å². The molecular formula is C16H38NO2SSi+. The maximum atomic E-state index is 9.90. The third-order valence-electron chi connectivity index (χ3n) is 3.66. The van der Waals surface area contributed by atoms with Gasteiger partial charge >= 0.3 is 0 Å². The maximum Gasteiger partial charge on any atom is 0.110 e. The SMILES string of the molecule is CCN(CC)CC(O)COCCC[S+](C)CC[Si](C)(C)C. The summed E-state index contributed by atoms with van der Waals surface area (Å²) in [4.78, 5) is 2.23. The van der Waals surface area contributed by atoms with E-state index in [0.717, 1.165) is 32.7 Å². The predicted molar refractivity (Wildman–Crippen MR) is 100 cm³/mol. The molecule has 0 aromatic carbocycles. The lowest BCUT2D eigenvalue weighted by molar-refractivity contribution is 0.0188. The summed E-state index contributed by atoms with van der Waals surface area (Å²) in [5, 5.41) is 9.90. The Morgan fingerprint density at radius 3 is 2.29 bits per heavy atom. The highest BCUT2D eigenvalue weighted by Crippen LogP contribution is 2.11. The number of ether oxygens (including phenoxy) is 1. The van der Waals surface area contributed by atoms with Gasteiger partial charge in [0.15, 0.2) is 0 Å². The van der Waals surface area contributed by atoms with Gasteiger partial charge in [0.2, 0.25) is 0 Å². The molecule has 0 spiro atoms. The van der Waals surface area contributed by atoms with Crippen LogP contribution in [0.1, 0.15) is 20.3 Å². The van der Waals surface area contributed by atoms with Crippen LogP contribution in [0.5, 0.6) is 0 Å². The van der Waals surface area contributed by atoms with E-state index in [1.54, 1.807) is 0 Å². The number of hydrogen-bond donors (Lipinski definition) is 1. The molecule has 0 aromatic rings. The molecule has 1 N–H and O–H groups in total. The second-order valence-electron chi connectivity index (χ2n) is 7.07. The first-order valence-corrected chi connectivity index (χ1v) is 14.0. The van der Waals surface area contributed by atoms with Crippen molar-refractivity contribution >= 4 is 19.0 Å². The van der Waals surface area contributed by atoms with Crippen LogP contribution in [0.4, 0.5) is 0 Å². The zero-order valence-corrected chi connectivity index (χ0v) is 17.0. The van der Waals surface area contributed by atoms with E-state index in [1.165, 1.54) is 17.5 Å². The molecule has 21 heavy (non-hydrogen) atoms. The lowest BCUT2D eigenvalue weighted by atomic mass is 10.3. The first kappa shape index (κ1) is 21.4. The van der Waals surface area contributed by atoms with E-state index in [9.17, 15) is 5.11 Å². The second kappa shape index (κ2) is 11.9. The van der Waals surface area contributed by atoms with Crippen LogP contribution in [0.2, 0.25) is 25.7 Å². The fourth-order valence-corrected chi connectivity index (χ4v) is 6.70. The van der Waals surface area contributed by atoms with Crippen LogP contribution in [-0.4, -0.2) is 74.8 Å². The molecule has 0 aliphatic rings. The van der Waals surface area contributed by atoms with Crippen molar-refractivity contribution in [3.8, 4) is 0 Å². The molecule has 128 valence electrons. The Kier molecular flexibility index (Phi) is 12.2. The first-order chi connectivity index (χ1) is 9.78. The summed E-state index contributed by atoms with van der Waals surface area (Å²) in [7, 11) is -0.333. The molecule has 0 heterocycles. The highest BCUT2D eigenvalue weighted by molar-refractivity contribution is 7.96. The molecule has 0 bridgehead atoms. The summed E-state index contributed by atoms with van der Waals surface area (Å²) in [6.07, 6.45) is 3.16. The molecule has 0 fully saturated rings. The molecule has 0 saturated heterocycles. The number of nitrogens with zero attached hydrogens (tertiary/aromatic N) is 1. The van der Waals surface area contributed by atoms with Gasteiger partial charge in [-0.3, -0.25) is 0 Å². The van der Waals surface area contributed by atoms with E-state index in [1.807, 2.05) is 0 Å². The summed E-state index contributed by atoms with van der Waals surface area (Å²) in [6.45, 7) is 15.6. The van der Waals surface area contributed by atoms with Gasteiger partial charge in [0.1, 0.15) is 11.5 Å². The van der Waals surface area contributed by atoms with Crippen molar-refractivity contribution in [3.05, 3.63) is 0 Å². The molecular weight excluding hydrogens is 298 g/mol. The Morgan fingerprint density at radius 2 is 1.76 bits per heavy atom. The smallest absolute Gasteiger partial charge is 0.110 e. The molecule has 3 nitrogen and oxygen atoms in total. The van der Waals surface area contributed by atoms with Crippen LogP contribution < -0.4 is 0 Å². The van der Waals surface area contributed by atoms with Crippen molar-refractivity contribution in [2.45, 2.75) is 52.1 Å². The van der Waals surface area contributed by atoms with Crippen molar-refractivity contribution in [2.24, 2.45) is 0 Å². The number of hydrogen-bond acceptors (Lipinski definition) is 3. The standard InChI is InChI=1S/C16H38NO2SSi/c1-7-17(8-2)14-16(18)15-19-10-9-11-20(3)12-13-21(4,5)6/h16,18H,7-15H2,1-6H3/q+1. The molecule has 0 saturated carbocycles. The molecule has 0 amide bonds. The molecule has 2 atom stereocenters. The lowest BCUT2D eigenvalue weighted by Gasteiger charge is -2.21. The van der Waals surface area contributed by atoms with Gasteiger partial charge in [-0.25, -0.2) is 0 Å².